The molecule has 0 N–H and O–H groups in total. The first-order valence-corrected chi connectivity index (χ1v) is 50.4. The molecule has 19 heteroatoms. The second-order valence-electron chi connectivity index (χ2n) is 36.6. The topological polar surface area (TPSA) is 198 Å². The Hall–Kier alpha value is -18.8. The molecule has 0 bridgehead atoms. The van der Waals surface area contributed by atoms with Gasteiger partial charge in [0.05, 0.1) is 114 Å². The van der Waals surface area contributed by atoms with Gasteiger partial charge >= 0.3 is 0 Å². The molecule has 0 fully saturated rings. The summed E-state index contributed by atoms with van der Waals surface area (Å²) in [5, 5.41) is 16.7. The lowest BCUT2D eigenvalue weighted by molar-refractivity contribution is 1.16. The molecular weight excluding hydrogens is 1850 g/mol. The van der Waals surface area contributed by atoms with Gasteiger partial charge in [-0.25, -0.2) is 44.9 Å². The summed E-state index contributed by atoms with van der Waals surface area (Å²) in [5.74, 6) is 2.04. The van der Waals surface area contributed by atoms with E-state index in [1.54, 1.807) is 0 Å². The van der Waals surface area contributed by atoms with Crippen molar-refractivity contribution in [1.82, 2.24) is 75.7 Å². The highest BCUT2D eigenvalue weighted by atomic mass is 32.1. The predicted octanol–water partition coefficient (Wildman–Crippen LogP) is 32.6. The third-order valence-electron chi connectivity index (χ3n) is 27.5. The lowest BCUT2D eigenvalue weighted by Crippen LogP contribution is -1.98. The van der Waals surface area contributed by atoms with E-state index in [9.17, 15) is 0 Å². The molecular formula is C127H78N16S3. The summed E-state index contributed by atoms with van der Waals surface area (Å²) >= 11 is 3.72. The van der Waals surface area contributed by atoms with E-state index < -0.39 is 0 Å². The summed E-state index contributed by atoms with van der Waals surface area (Å²) in [7, 11) is 0. The average molecular weight is 1920 g/mol. The van der Waals surface area contributed by atoms with Gasteiger partial charge in [0.1, 0.15) is 33.1 Å². The Morgan fingerprint density at radius 1 is 0.178 bits per heavy atom. The minimum atomic E-state index is 0.664. The molecule has 10 aromatic heterocycles. The van der Waals surface area contributed by atoms with E-state index >= 15 is 0 Å². The van der Waals surface area contributed by atoms with E-state index in [1.165, 1.54) is 84.3 Å². The van der Waals surface area contributed by atoms with Crippen molar-refractivity contribution in [2.45, 2.75) is 13.8 Å². The van der Waals surface area contributed by atoms with E-state index in [1.807, 2.05) is 66.7 Å². The first-order valence-electron chi connectivity index (χ1n) is 48.2. The van der Waals surface area contributed by atoms with Crippen LogP contribution in [0, 0.1) is 13.8 Å². The van der Waals surface area contributed by atoms with Crippen LogP contribution in [0.3, 0.4) is 0 Å². The standard InChI is InChI=1S/C47H28N6S.C43H25N5S.C37H25N5S/c1-3-12-29(13-4-1)45-37-24-25-38-46(52-54-51-38)44(37)36-23-22-32(27-41(36)48-45)40-28-39(49-47(50-40)30-14-5-2-6-15-30)31-16-11-17-33(26-31)53-42-20-9-7-18-34(42)35-19-8-10-21-43(35)53;1-2-10-28(11-3-1)41-35-20-21-36-42(48-49-47-36)40(35)34-19-18-32(24-39(34)44-41)38-25-37(31-16-14-26-8-4-6-12-29(26)22-31)45-43(46-38)33-17-15-27-9-5-7-13-30(27)23-33;1-22-8-12-24(13-9-22)31-21-32(40-37(39-31)26-14-10-23(2)11-15-26)27-16-17-28-33(20-27)38-35(25-6-4-3-5-7-25)29-18-19-30-36(34(28)29)42-43-41-30/h1-28H;1-25H;3-21H,1-2H3. The average Bonchev–Trinajstić information content (AvgIpc) is 0.898. The van der Waals surface area contributed by atoms with Crippen LogP contribution in [0.1, 0.15) is 11.1 Å². The highest BCUT2D eigenvalue weighted by Gasteiger charge is 2.25. The van der Waals surface area contributed by atoms with Crippen molar-refractivity contribution in [3.63, 3.8) is 0 Å². The molecule has 0 aliphatic carbocycles. The monoisotopic (exact) mass is 1920 g/mol. The molecule has 0 saturated carbocycles. The summed E-state index contributed by atoms with van der Waals surface area (Å²) < 4.78 is 30.1. The number of benzene rings is 19. The number of hydrogen-bond donors (Lipinski definition) is 0. The zero-order valence-electron chi connectivity index (χ0n) is 78.4. The van der Waals surface area contributed by atoms with Crippen molar-refractivity contribution in [2.75, 3.05) is 0 Å². The Labute approximate surface area is 848 Å². The zero-order chi connectivity index (χ0) is 96.8. The van der Waals surface area contributed by atoms with Gasteiger partial charge in [-0.05, 0) is 145 Å². The summed E-state index contributed by atoms with van der Waals surface area (Å²) in [5.41, 5.74) is 33.8. The Bertz CT molecular complexity index is 10000. The van der Waals surface area contributed by atoms with Crippen molar-refractivity contribution in [1.29, 1.82) is 0 Å². The van der Waals surface area contributed by atoms with Crippen LogP contribution < -0.4 is 0 Å². The second kappa shape index (κ2) is 36.4. The maximum absolute atomic E-state index is 5.31. The molecule has 146 heavy (non-hydrogen) atoms. The first-order chi connectivity index (χ1) is 72.1. The summed E-state index contributed by atoms with van der Waals surface area (Å²) in [4.78, 5) is 46.6. The molecule has 0 unspecified atom stereocenters. The number of pyridine rings is 3. The Morgan fingerprint density at radius 2 is 0.473 bits per heavy atom. The maximum atomic E-state index is 5.31. The van der Waals surface area contributed by atoms with E-state index in [4.69, 9.17) is 58.0 Å². The number of hydrogen-bond acceptors (Lipinski definition) is 18. The summed E-state index contributed by atoms with van der Waals surface area (Å²) in [6, 6.07) is 152. The zero-order valence-corrected chi connectivity index (χ0v) is 80.9. The number of fused-ring (bicyclic) bond motifs is 20. The van der Waals surface area contributed by atoms with Gasteiger partial charge in [0.15, 0.2) is 17.5 Å². The van der Waals surface area contributed by atoms with Crippen LogP contribution in [0.2, 0.25) is 0 Å². The van der Waals surface area contributed by atoms with Crippen LogP contribution in [0.5, 0.6) is 0 Å². The third-order valence-corrected chi connectivity index (χ3v) is 29.1. The quantitative estimate of drug-likeness (QED) is 0.0987. The van der Waals surface area contributed by atoms with E-state index in [0.29, 0.717) is 17.5 Å². The lowest BCUT2D eigenvalue weighted by Gasteiger charge is -2.13. The van der Waals surface area contributed by atoms with Crippen LogP contribution in [-0.4, -0.2) is 75.7 Å². The van der Waals surface area contributed by atoms with Crippen molar-refractivity contribution in [2.24, 2.45) is 0 Å². The normalized spacial score (nSPS) is 11.6. The van der Waals surface area contributed by atoms with Crippen LogP contribution in [0.15, 0.2) is 437 Å². The van der Waals surface area contributed by atoms with Crippen LogP contribution in [-0.2, 0) is 0 Å². The van der Waals surface area contributed by atoms with Gasteiger partial charge in [-0.15, -0.1) is 0 Å². The van der Waals surface area contributed by atoms with Crippen LogP contribution in [0.25, 0.3) is 283 Å². The third kappa shape index (κ3) is 15.8. The second-order valence-corrected chi connectivity index (χ2v) is 38.1. The minimum absolute atomic E-state index is 0.664. The number of para-hydroxylation sites is 2. The van der Waals surface area contributed by atoms with Crippen molar-refractivity contribution in [3.05, 3.63) is 448 Å². The Kier molecular flexibility index (Phi) is 21.5. The van der Waals surface area contributed by atoms with Crippen LogP contribution in [0.4, 0.5) is 0 Å². The first kappa shape index (κ1) is 86.3. The summed E-state index contributed by atoms with van der Waals surface area (Å²) in [6.07, 6.45) is 0. The Morgan fingerprint density at radius 3 is 0.884 bits per heavy atom. The molecule has 16 nitrogen and oxygen atoms in total. The molecule has 0 spiro atoms. The smallest absolute Gasteiger partial charge is 0.160 e. The highest BCUT2D eigenvalue weighted by molar-refractivity contribution is 7.00. The van der Waals surface area contributed by atoms with Gasteiger partial charge in [0.2, 0.25) is 0 Å². The van der Waals surface area contributed by atoms with Crippen LogP contribution >= 0.6 is 35.2 Å². The van der Waals surface area contributed by atoms with Gasteiger partial charge in [0, 0.05) is 132 Å². The maximum Gasteiger partial charge on any atom is 0.160 e. The molecule has 10 heterocycles. The molecule has 0 aliphatic rings. The van der Waals surface area contributed by atoms with E-state index in [0.717, 1.165) is 227 Å². The van der Waals surface area contributed by atoms with Gasteiger partial charge < -0.3 is 4.57 Å². The highest BCUT2D eigenvalue weighted by Crippen LogP contribution is 2.46. The van der Waals surface area contributed by atoms with Gasteiger partial charge in [-0.1, -0.05) is 339 Å². The molecule has 0 radical (unpaired) electrons. The van der Waals surface area contributed by atoms with E-state index in [2.05, 4.69) is 402 Å². The largest absolute Gasteiger partial charge is 0.309 e. The molecule has 0 amide bonds. The fourth-order valence-corrected chi connectivity index (χ4v) is 21.9. The fourth-order valence-electron chi connectivity index (χ4n) is 20.3. The molecule has 29 rings (SSSR count). The number of aromatic nitrogens is 16. The number of nitrogens with zero attached hydrogens (tertiary/aromatic N) is 16. The number of rotatable bonds is 13. The summed E-state index contributed by atoms with van der Waals surface area (Å²) in [6.45, 7) is 4.18. The molecule has 0 saturated heterocycles. The Balaban J connectivity index is 0.000000109. The molecule has 0 atom stereocenters. The molecule has 684 valence electrons. The van der Waals surface area contributed by atoms with Gasteiger partial charge in [-0.2, -0.15) is 26.2 Å². The van der Waals surface area contributed by atoms with Crippen molar-refractivity contribution >= 4 is 177 Å². The molecule has 29 aromatic rings. The van der Waals surface area contributed by atoms with E-state index in [-0.39, 0.29) is 0 Å². The minimum Gasteiger partial charge on any atom is -0.309 e. The fraction of sp³-hybridized carbons (Fsp3) is 0.0157. The van der Waals surface area contributed by atoms with Crippen molar-refractivity contribution in [3.8, 4) is 141 Å². The van der Waals surface area contributed by atoms with Crippen molar-refractivity contribution < 1.29 is 0 Å². The number of aryl methyl sites for hydroxylation is 2. The predicted molar refractivity (Wildman–Crippen MR) is 601 cm³/mol. The molecule has 0 aliphatic heterocycles. The van der Waals surface area contributed by atoms with Gasteiger partial charge in [-0.3, -0.25) is 0 Å². The molecule has 19 aromatic carbocycles. The SMILES string of the molecule is Cc1ccc(-c2cc(-c3ccc4c(c3)nc(-c3ccccc3)c3ccc5nsnc5c34)nc(-c3ccc(C)cc3)n2)cc1.c1ccc(-c2nc(-c3cccc(-n4c5ccccc5c5ccccc54)c3)cc(-c3ccc4c(c3)nc(-c3ccccc3)c3ccc5nsnc5c34)n2)cc1.c1ccc(-c2nc3cc(-c4cc(-c5ccc6ccccc6c5)nc(-c5ccc6ccccc6c5)n4)ccc3c3c2ccc2nsnc23)cc1. The lowest BCUT2D eigenvalue weighted by atomic mass is 9.97. The van der Waals surface area contributed by atoms with Gasteiger partial charge in [0.25, 0.3) is 0 Å².